The number of rotatable bonds is 4. The van der Waals surface area contributed by atoms with Gasteiger partial charge in [-0.15, -0.1) is 24.0 Å². The van der Waals surface area contributed by atoms with Gasteiger partial charge in [-0.3, -0.25) is 0 Å². The zero-order valence-corrected chi connectivity index (χ0v) is 8.67. The second-order valence-corrected chi connectivity index (χ2v) is 2.87. The third kappa shape index (κ3) is 5.09. The molecule has 0 bridgehead atoms. The summed E-state index contributed by atoms with van der Waals surface area (Å²) in [5.74, 6) is 0.384. The van der Waals surface area contributed by atoms with Gasteiger partial charge in [0, 0.05) is 19.0 Å². The fourth-order valence-electron chi connectivity index (χ4n) is 0.946. The van der Waals surface area contributed by atoms with E-state index in [0.29, 0.717) is 12.4 Å². The first-order chi connectivity index (χ1) is 5.83. The molecular formula is C9H12Cl2FN. The molecule has 1 nitrogen and oxygen atoms in total. The normalized spacial score (nSPS) is 9.38. The molecule has 0 heterocycles. The molecule has 0 saturated carbocycles. The molecule has 13 heavy (non-hydrogen) atoms. The molecule has 1 rings (SSSR count). The van der Waals surface area contributed by atoms with Crippen molar-refractivity contribution in [2.24, 2.45) is 0 Å². The average Bonchev–Trinajstić information content (AvgIpc) is 2.05. The van der Waals surface area contributed by atoms with Crippen LogP contribution in [0.3, 0.4) is 0 Å². The van der Waals surface area contributed by atoms with Crippen LogP contribution in [-0.2, 0) is 6.54 Å². The second kappa shape index (κ2) is 7.13. The molecule has 0 aromatic heterocycles. The average molecular weight is 224 g/mol. The summed E-state index contributed by atoms with van der Waals surface area (Å²) in [4.78, 5) is 0. The molecule has 0 saturated heterocycles. The summed E-state index contributed by atoms with van der Waals surface area (Å²) in [5, 5.41) is 3.08. The minimum Gasteiger partial charge on any atom is -0.311 e. The van der Waals surface area contributed by atoms with Gasteiger partial charge in [-0.25, -0.2) is 4.39 Å². The molecule has 0 aliphatic carbocycles. The summed E-state index contributed by atoms with van der Waals surface area (Å²) in [5.41, 5.74) is 0.945. The number of benzene rings is 1. The van der Waals surface area contributed by atoms with Crippen LogP contribution in [0, 0.1) is 5.82 Å². The smallest absolute Gasteiger partial charge is 0.123 e. The van der Waals surface area contributed by atoms with E-state index in [1.165, 1.54) is 12.1 Å². The predicted molar refractivity (Wildman–Crippen MR) is 56.1 cm³/mol. The van der Waals surface area contributed by atoms with Gasteiger partial charge >= 0.3 is 0 Å². The Bertz CT molecular complexity index is 243. The Kier molecular flexibility index (Phi) is 6.96. The highest BCUT2D eigenvalue weighted by atomic mass is 35.5. The molecule has 0 amide bonds. The standard InChI is InChI=1S/C9H11ClFN.ClH/c10-4-5-12-7-8-2-1-3-9(11)6-8;/h1-3,6,12H,4-5,7H2;1H. The lowest BCUT2D eigenvalue weighted by atomic mass is 10.2. The molecule has 74 valence electrons. The van der Waals surface area contributed by atoms with E-state index in [1.54, 1.807) is 6.07 Å². The Morgan fingerprint density at radius 3 is 2.77 bits per heavy atom. The summed E-state index contributed by atoms with van der Waals surface area (Å²) >= 11 is 5.46. The van der Waals surface area contributed by atoms with Crippen LogP contribution < -0.4 is 5.32 Å². The van der Waals surface area contributed by atoms with Crippen molar-refractivity contribution in [3.63, 3.8) is 0 Å². The van der Waals surface area contributed by atoms with Crippen LogP contribution in [0.1, 0.15) is 5.56 Å². The van der Waals surface area contributed by atoms with Crippen molar-refractivity contribution < 1.29 is 4.39 Å². The largest absolute Gasteiger partial charge is 0.311 e. The third-order valence-corrected chi connectivity index (χ3v) is 1.68. The lowest BCUT2D eigenvalue weighted by Crippen LogP contribution is -2.15. The lowest BCUT2D eigenvalue weighted by Gasteiger charge is -2.01. The number of nitrogens with one attached hydrogen (secondary N) is 1. The molecule has 0 aliphatic heterocycles. The van der Waals surface area contributed by atoms with Gasteiger partial charge < -0.3 is 5.32 Å². The Morgan fingerprint density at radius 2 is 2.15 bits per heavy atom. The quantitative estimate of drug-likeness (QED) is 0.612. The zero-order valence-electron chi connectivity index (χ0n) is 7.09. The molecule has 0 unspecified atom stereocenters. The van der Waals surface area contributed by atoms with Crippen LogP contribution in [0.5, 0.6) is 0 Å². The third-order valence-electron chi connectivity index (χ3n) is 1.49. The van der Waals surface area contributed by atoms with Crippen LogP contribution in [0.4, 0.5) is 4.39 Å². The van der Waals surface area contributed by atoms with Crippen molar-refractivity contribution in [3.8, 4) is 0 Å². The fraction of sp³-hybridized carbons (Fsp3) is 0.333. The summed E-state index contributed by atoms with van der Waals surface area (Å²) < 4.78 is 12.6. The van der Waals surface area contributed by atoms with Crippen molar-refractivity contribution in [1.82, 2.24) is 5.32 Å². The first kappa shape index (κ1) is 12.7. The maximum atomic E-state index is 12.6. The summed E-state index contributed by atoms with van der Waals surface area (Å²) in [6.07, 6.45) is 0. The van der Waals surface area contributed by atoms with Crippen LogP contribution in [0.25, 0.3) is 0 Å². The van der Waals surface area contributed by atoms with E-state index < -0.39 is 0 Å². The Morgan fingerprint density at radius 1 is 1.38 bits per heavy atom. The molecule has 1 aromatic carbocycles. The van der Waals surface area contributed by atoms with E-state index in [9.17, 15) is 4.39 Å². The van der Waals surface area contributed by atoms with E-state index in [-0.39, 0.29) is 18.2 Å². The minimum atomic E-state index is -0.194. The fourth-order valence-corrected chi connectivity index (χ4v) is 1.08. The summed E-state index contributed by atoms with van der Waals surface area (Å²) in [6.45, 7) is 1.42. The van der Waals surface area contributed by atoms with Crippen molar-refractivity contribution in [2.75, 3.05) is 12.4 Å². The summed E-state index contributed by atoms with van der Waals surface area (Å²) in [6, 6.07) is 6.53. The Hall–Kier alpha value is -0.310. The van der Waals surface area contributed by atoms with E-state index in [1.807, 2.05) is 6.07 Å². The van der Waals surface area contributed by atoms with Crippen LogP contribution in [0.2, 0.25) is 0 Å². The van der Waals surface area contributed by atoms with Gasteiger partial charge in [0.2, 0.25) is 0 Å². The summed E-state index contributed by atoms with van der Waals surface area (Å²) in [7, 11) is 0. The molecule has 0 radical (unpaired) electrons. The Balaban J connectivity index is 0.00000144. The SMILES string of the molecule is Cl.Fc1cccc(CNCCCl)c1. The first-order valence-electron chi connectivity index (χ1n) is 3.84. The predicted octanol–water partition coefficient (Wildman–Crippen LogP) is 2.58. The number of halogens is 3. The van der Waals surface area contributed by atoms with Crippen molar-refractivity contribution in [3.05, 3.63) is 35.6 Å². The molecule has 1 aromatic rings. The molecule has 0 spiro atoms. The molecule has 0 atom stereocenters. The highest BCUT2D eigenvalue weighted by molar-refractivity contribution is 6.18. The van der Waals surface area contributed by atoms with Crippen molar-refractivity contribution in [1.29, 1.82) is 0 Å². The number of alkyl halides is 1. The maximum Gasteiger partial charge on any atom is 0.123 e. The van der Waals surface area contributed by atoms with Crippen LogP contribution >= 0.6 is 24.0 Å². The van der Waals surface area contributed by atoms with Gasteiger partial charge in [0.25, 0.3) is 0 Å². The monoisotopic (exact) mass is 223 g/mol. The van der Waals surface area contributed by atoms with Crippen LogP contribution in [0.15, 0.2) is 24.3 Å². The topological polar surface area (TPSA) is 12.0 Å². The van der Waals surface area contributed by atoms with Gasteiger partial charge in [-0.1, -0.05) is 12.1 Å². The highest BCUT2D eigenvalue weighted by Crippen LogP contribution is 2.02. The van der Waals surface area contributed by atoms with E-state index in [4.69, 9.17) is 11.6 Å². The molecule has 4 heteroatoms. The van der Waals surface area contributed by atoms with Crippen molar-refractivity contribution >= 4 is 24.0 Å². The second-order valence-electron chi connectivity index (χ2n) is 2.50. The van der Waals surface area contributed by atoms with E-state index in [0.717, 1.165) is 12.1 Å². The molecular weight excluding hydrogens is 212 g/mol. The zero-order chi connectivity index (χ0) is 8.81. The van der Waals surface area contributed by atoms with E-state index in [2.05, 4.69) is 5.32 Å². The minimum absolute atomic E-state index is 0. The first-order valence-corrected chi connectivity index (χ1v) is 4.37. The number of hydrogen-bond donors (Lipinski definition) is 1. The lowest BCUT2D eigenvalue weighted by molar-refractivity contribution is 0.622. The van der Waals surface area contributed by atoms with Crippen LogP contribution in [-0.4, -0.2) is 12.4 Å². The molecule has 0 fully saturated rings. The van der Waals surface area contributed by atoms with Gasteiger partial charge in [0.1, 0.15) is 5.82 Å². The van der Waals surface area contributed by atoms with Gasteiger partial charge in [-0.05, 0) is 17.7 Å². The maximum absolute atomic E-state index is 12.6. The molecule has 0 aliphatic rings. The Labute approximate surface area is 88.7 Å². The van der Waals surface area contributed by atoms with Crippen molar-refractivity contribution in [2.45, 2.75) is 6.54 Å². The highest BCUT2D eigenvalue weighted by Gasteiger charge is 1.93. The number of hydrogen-bond acceptors (Lipinski definition) is 1. The molecule has 1 N–H and O–H groups in total. The van der Waals surface area contributed by atoms with E-state index >= 15 is 0 Å². The van der Waals surface area contributed by atoms with Gasteiger partial charge in [0.05, 0.1) is 0 Å². The van der Waals surface area contributed by atoms with Gasteiger partial charge in [0.15, 0.2) is 0 Å². The van der Waals surface area contributed by atoms with Gasteiger partial charge in [-0.2, -0.15) is 0 Å².